The van der Waals surface area contributed by atoms with E-state index >= 15 is 0 Å². The number of aryl methyl sites for hydroxylation is 1. The Bertz CT molecular complexity index is 835. The second kappa shape index (κ2) is 6.98. The van der Waals surface area contributed by atoms with E-state index in [0.29, 0.717) is 5.92 Å². The van der Waals surface area contributed by atoms with Gasteiger partial charge in [0.2, 0.25) is 0 Å². The fraction of sp³-hybridized carbons (Fsp3) is 0.381. The van der Waals surface area contributed by atoms with Crippen LogP contribution in [0.2, 0.25) is 0 Å². The van der Waals surface area contributed by atoms with E-state index in [4.69, 9.17) is 0 Å². The molecule has 1 aromatic carbocycles. The molecule has 130 valence electrons. The van der Waals surface area contributed by atoms with Gasteiger partial charge in [0.05, 0.1) is 18.0 Å². The lowest BCUT2D eigenvalue weighted by molar-refractivity contribution is 0.0564. The van der Waals surface area contributed by atoms with Crippen LogP contribution in [-0.2, 0) is 6.54 Å². The zero-order chi connectivity index (χ0) is 17.2. The van der Waals surface area contributed by atoms with Crippen LogP contribution in [0.3, 0.4) is 0 Å². The summed E-state index contributed by atoms with van der Waals surface area (Å²) < 4.78 is 2.19. The van der Waals surface area contributed by atoms with Crippen molar-refractivity contribution in [3.63, 3.8) is 0 Å². The zero-order valence-corrected chi connectivity index (χ0v) is 14.7. The molecule has 1 aliphatic rings. The van der Waals surface area contributed by atoms with Crippen molar-refractivity contribution in [3.8, 4) is 0 Å². The molecule has 25 heavy (non-hydrogen) atoms. The number of aliphatic hydroxyl groups excluding tert-OH is 1. The van der Waals surface area contributed by atoms with Crippen LogP contribution in [0.4, 0.5) is 0 Å². The van der Waals surface area contributed by atoms with Gasteiger partial charge in [-0.2, -0.15) is 0 Å². The average Bonchev–Trinajstić information content (AvgIpc) is 3.07. The van der Waals surface area contributed by atoms with Crippen molar-refractivity contribution in [1.82, 2.24) is 14.3 Å². The third-order valence-corrected chi connectivity index (χ3v) is 5.41. The predicted octanol–water partition coefficient (Wildman–Crippen LogP) is 3.59. The highest BCUT2D eigenvalue weighted by Crippen LogP contribution is 2.31. The molecule has 0 saturated carbocycles. The van der Waals surface area contributed by atoms with Gasteiger partial charge in [-0.3, -0.25) is 4.90 Å². The molecule has 1 saturated heterocycles. The summed E-state index contributed by atoms with van der Waals surface area (Å²) in [5, 5.41) is 10.6. The molecule has 1 aliphatic heterocycles. The smallest absolute Gasteiger partial charge is 0.139 e. The van der Waals surface area contributed by atoms with Crippen LogP contribution in [0.15, 0.2) is 54.9 Å². The summed E-state index contributed by atoms with van der Waals surface area (Å²) in [6.45, 7) is 5.06. The van der Waals surface area contributed by atoms with E-state index in [-0.39, 0.29) is 6.10 Å². The summed E-state index contributed by atoms with van der Waals surface area (Å²) >= 11 is 0. The minimum absolute atomic E-state index is 0.346. The summed E-state index contributed by atoms with van der Waals surface area (Å²) in [5.74, 6) is 0.350. The first-order chi connectivity index (χ1) is 12.2. The number of benzene rings is 1. The number of aromatic nitrogens is 2. The van der Waals surface area contributed by atoms with Crippen molar-refractivity contribution >= 4 is 5.65 Å². The molecular weight excluding hydrogens is 310 g/mol. The van der Waals surface area contributed by atoms with Gasteiger partial charge >= 0.3 is 0 Å². The number of fused-ring (bicyclic) bond motifs is 1. The van der Waals surface area contributed by atoms with Crippen molar-refractivity contribution in [1.29, 1.82) is 0 Å². The fourth-order valence-electron chi connectivity index (χ4n) is 3.90. The van der Waals surface area contributed by atoms with Gasteiger partial charge in [-0.1, -0.05) is 36.4 Å². The van der Waals surface area contributed by atoms with E-state index in [1.54, 1.807) is 0 Å². The molecule has 0 amide bonds. The van der Waals surface area contributed by atoms with Crippen LogP contribution in [-0.4, -0.2) is 32.5 Å². The molecule has 4 rings (SSSR count). The molecule has 3 aromatic rings. The topological polar surface area (TPSA) is 40.8 Å². The molecule has 3 heterocycles. The van der Waals surface area contributed by atoms with Crippen LogP contribution in [0.25, 0.3) is 5.65 Å². The molecule has 0 aliphatic carbocycles. The molecule has 4 nitrogen and oxygen atoms in total. The Labute approximate surface area is 148 Å². The van der Waals surface area contributed by atoms with E-state index in [0.717, 1.165) is 43.7 Å². The Kier molecular flexibility index (Phi) is 4.55. The van der Waals surface area contributed by atoms with E-state index < -0.39 is 0 Å². The lowest BCUT2D eigenvalue weighted by Crippen LogP contribution is -2.35. The number of rotatable bonds is 4. The van der Waals surface area contributed by atoms with Crippen LogP contribution >= 0.6 is 0 Å². The molecule has 0 radical (unpaired) electrons. The first-order valence-electron chi connectivity index (χ1n) is 9.09. The second-order valence-electron chi connectivity index (χ2n) is 7.10. The van der Waals surface area contributed by atoms with E-state index in [2.05, 4.69) is 39.5 Å². The van der Waals surface area contributed by atoms with Crippen LogP contribution in [0.5, 0.6) is 0 Å². The highest BCUT2D eigenvalue weighted by molar-refractivity contribution is 5.48. The van der Waals surface area contributed by atoms with Crippen LogP contribution in [0, 0.1) is 12.8 Å². The Morgan fingerprint density at radius 3 is 2.64 bits per heavy atom. The summed E-state index contributed by atoms with van der Waals surface area (Å²) in [6.07, 6.45) is 5.81. The first-order valence-corrected chi connectivity index (χ1v) is 9.09. The Morgan fingerprint density at radius 2 is 1.88 bits per heavy atom. The third-order valence-electron chi connectivity index (χ3n) is 5.41. The first kappa shape index (κ1) is 16.3. The summed E-state index contributed by atoms with van der Waals surface area (Å²) in [6, 6.07) is 14.2. The predicted molar refractivity (Wildman–Crippen MR) is 99.3 cm³/mol. The number of likely N-dealkylation sites (tertiary alicyclic amines) is 1. The maximum atomic E-state index is 10.6. The highest BCUT2D eigenvalue weighted by Gasteiger charge is 2.26. The third kappa shape index (κ3) is 3.32. The van der Waals surface area contributed by atoms with E-state index in [1.807, 2.05) is 36.5 Å². The molecular formula is C21H25N3O. The van der Waals surface area contributed by atoms with Gasteiger partial charge in [0.15, 0.2) is 0 Å². The summed E-state index contributed by atoms with van der Waals surface area (Å²) in [4.78, 5) is 7.04. The number of hydrogen-bond acceptors (Lipinski definition) is 3. The van der Waals surface area contributed by atoms with Gasteiger partial charge in [0, 0.05) is 12.7 Å². The molecule has 1 atom stereocenters. The molecule has 2 aromatic heterocycles. The van der Waals surface area contributed by atoms with Crippen molar-refractivity contribution in [2.45, 2.75) is 32.4 Å². The van der Waals surface area contributed by atoms with E-state index in [1.165, 1.54) is 11.3 Å². The van der Waals surface area contributed by atoms with Crippen molar-refractivity contribution < 1.29 is 5.11 Å². The normalized spacial score (nSPS) is 17.8. The Hall–Kier alpha value is -2.17. The molecule has 1 unspecified atom stereocenters. The lowest BCUT2D eigenvalue weighted by Gasteiger charge is -2.34. The average molecular weight is 335 g/mol. The number of nitrogens with zero attached hydrogens (tertiary/aromatic N) is 3. The van der Waals surface area contributed by atoms with Gasteiger partial charge in [0.25, 0.3) is 0 Å². The van der Waals surface area contributed by atoms with Gasteiger partial charge in [-0.15, -0.1) is 0 Å². The largest absolute Gasteiger partial charge is 0.388 e. The minimum atomic E-state index is -0.346. The van der Waals surface area contributed by atoms with Crippen molar-refractivity contribution in [2.75, 3.05) is 13.1 Å². The molecule has 0 bridgehead atoms. The lowest BCUT2D eigenvalue weighted by atomic mass is 9.87. The second-order valence-corrected chi connectivity index (χ2v) is 7.10. The fourth-order valence-corrected chi connectivity index (χ4v) is 3.90. The van der Waals surface area contributed by atoms with Crippen LogP contribution < -0.4 is 0 Å². The Morgan fingerprint density at radius 1 is 1.12 bits per heavy atom. The number of pyridine rings is 1. The monoisotopic (exact) mass is 335 g/mol. The van der Waals surface area contributed by atoms with E-state index in [9.17, 15) is 5.11 Å². The SMILES string of the molecule is Cc1cccn2c(CN3CCC(C(O)c4ccccc4)CC3)cnc12. The minimum Gasteiger partial charge on any atom is -0.388 e. The number of hydrogen-bond donors (Lipinski definition) is 1. The standard InChI is InChI=1S/C21H25N3O/c1-16-6-5-11-24-19(14-22-21(16)24)15-23-12-9-18(10-13-23)20(25)17-7-3-2-4-8-17/h2-8,11,14,18,20,25H,9-10,12-13,15H2,1H3. The van der Waals surface area contributed by atoms with Crippen molar-refractivity contribution in [2.24, 2.45) is 5.92 Å². The molecule has 4 heteroatoms. The van der Waals surface area contributed by atoms with Gasteiger partial charge in [0.1, 0.15) is 5.65 Å². The van der Waals surface area contributed by atoms with Crippen LogP contribution in [0.1, 0.15) is 35.8 Å². The highest BCUT2D eigenvalue weighted by atomic mass is 16.3. The number of aliphatic hydroxyl groups is 1. The number of piperidine rings is 1. The quantitative estimate of drug-likeness (QED) is 0.792. The van der Waals surface area contributed by atoms with Gasteiger partial charge in [-0.05, 0) is 56.0 Å². The van der Waals surface area contributed by atoms with Gasteiger partial charge in [-0.25, -0.2) is 4.98 Å². The Balaban J connectivity index is 1.39. The maximum Gasteiger partial charge on any atom is 0.139 e. The van der Waals surface area contributed by atoms with Crippen molar-refractivity contribution in [3.05, 3.63) is 71.7 Å². The zero-order valence-electron chi connectivity index (χ0n) is 14.7. The summed E-state index contributed by atoms with van der Waals surface area (Å²) in [7, 11) is 0. The summed E-state index contributed by atoms with van der Waals surface area (Å²) in [5.41, 5.74) is 4.53. The maximum absolute atomic E-state index is 10.6. The molecule has 1 N–H and O–H groups in total. The number of imidazole rings is 1. The molecule has 1 fully saturated rings. The van der Waals surface area contributed by atoms with Gasteiger partial charge < -0.3 is 9.51 Å². The molecule has 0 spiro atoms.